The molecule has 0 aliphatic heterocycles. The van der Waals surface area contributed by atoms with E-state index in [4.69, 9.17) is 4.42 Å². The van der Waals surface area contributed by atoms with Gasteiger partial charge >= 0.3 is 0 Å². The van der Waals surface area contributed by atoms with E-state index < -0.39 is 0 Å². The van der Waals surface area contributed by atoms with Gasteiger partial charge in [0.2, 0.25) is 5.91 Å². The third-order valence-corrected chi connectivity index (χ3v) is 4.49. The number of oxazole rings is 1. The molecule has 0 saturated carbocycles. The topological polar surface area (TPSA) is 55.1 Å². The van der Waals surface area contributed by atoms with Gasteiger partial charge in [-0.25, -0.2) is 9.37 Å². The smallest absolute Gasteiger partial charge is 0.220 e. The van der Waals surface area contributed by atoms with Crippen molar-refractivity contribution in [2.45, 2.75) is 39.2 Å². The fourth-order valence-corrected chi connectivity index (χ4v) is 3.10. The number of carbonyl (C=O) groups excluding carboxylic acids is 1. The Balaban J connectivity index is 1.58. The monoisotopic (exact) mass is 380 g/mol. The number of aromatic nitrogens is 1. The van der Waals surface area contributed by atoms with E-state index in [1.807, 2.05) is 30.3 Å². The van der Waals surface area contributed by atoms with Crippen LogP contribution in [-0.2, 0) is 11.2 Å². The quantitative estimate of drug-likeness (QED) is 0.576. The molecule has 146 valence electrons. The minimum Gasteiger partial charge on any atom is -0.441 e. The van der Waals surface area contributed by atoms with Gasteiger partial charge in [0.05, 0.1) is 12.2 Å². The summed E-state index contributed by atoms with van der Waals surface area (Å²) in [6.45, 7) is 4.29. The van der Waals surface area contributed by atoms with Gasteiger partial charge in [-0.2, -0.15) is 0 Å². The van der Waals surface area contributed by atoms with Gasteiger partial charge < -0.3 is 9.73 Å². The molecule has 3 rings (SSSR count). The number of carbonyl (C=O) groups is 1. The number of nitrogens with zero attached hydrogens (tertiary/aromatic N) is 1. The van der Waals surface area contributed by atoms with Crippen LogP contribution in [0.3, 0.4) is 0 Å². The molecule has 0 saturated heterocycles. The molecule has 0 fully saturated rings. The molecular weight excluding hydrogens is 355 g/mol. The Morgan fingerprint density at radius 2 is 1.82 bits per heavy atom. The van der Waals surface area contributed by atoms with E-state index in [-0.39, 0.29) is 17.8 Å². The fraction of sp³-hybridized carbons (Fsp3) is 0.304. The van der Waals surface area contributed by atoms with Crippen molar-refractivity contribution in [2.75, 3.05) is 0 Å². The Morgan fingerprint density at radius 1 is 1.11 bits per heavy atom. The summed E-state index contributed by atoms with van der Waals surface area (Å²) in [6, 6.07) is 16.1. The predicted octanol–water partition coefficient (Wildman–Crippen LogP) is 5.32. The number of hydrogen-bond acceptors (Lipinski definition) is 3. The van der Waals surface area contributed by atoms with Crippen LogP contribution < -0.4 is 5.32 Å². The molecule has 0 bridgehead atoms. The molecule has 0 aliphatic rings. The molecule has 1 atom stereocenters. The SMILES string of the molecule is CC(C)CC(NC(=O)CCc1ncc(-c2ccc(F)cc2)o1)c1ccccc1. The molecule has 2 aromatic carbocycles. The summed E-state index contributed by atoms with van der Waals surface area (Å²) in [5.41, 5.74) is 1.87. The van der Waals surface area contributed by atoms with E-state index in [0.29, 0.717) is 30.4 Å². The van der Waals surface area contributed by atoms with E-state index in [2.05, 4.69) is 24.1 Å². The number of hydrogen-bond donors (Lipinski definition) is 1. The molecule has 28 heavy (non-hydrogen) atoms. The van der Waals surface area contributed by atoms with Crippen LogP contribution >= 0.6 is 0 Å². The molecule has 3 aromatic rings. The lowest BCUT2D eigenvalue weighted by molar-refractivity contribution is -0.122. The average molecular weight is 380 g/mol. The van der Waals surface area contributed by atoms with Gasteiger partial charge in [0.25, 0.3) is 0 Å². The predicted molar refractivity (Wildman–Crippen MR) is 107 cm³/mol. The number of benzene rings is 2. The lowest BCUT2D eigenvalue weighted by Crippen LogP contribution is -2.29. The van der Waals surface area contributed by atoms with Crippen LogP contribution in [0.4, 0.5) is 4.39 Å². The Morgan fingerprint density at radius 3 is 2.50 bits per heavy atom. The molecule has 1 heterocycles. The summed E-state index contributed by atoms with van der Waals surface area (Å²) in [5.74, 6) is 1.20. The van der Waals surface area contributed by atoms with Crippen molar-refractivity contribution < 1.29 is 13.6 Å². The van der Waals surface area contributed by atoms with Gasteiger partial charge in [0, 0.05) is 18.4 Å². The highest BCUT2D eigenvalue weighted by Crippen LogP contribution is 2.23. The zero-order chi connectivity index (χ0) is 19.9. The Bertz CT molecular complexity index is 888. The summed E-state index contributed by atoms with van der Waals surface area (Å²) in [6.07, 6.45) is 3.19. The van der Waals surface area contributed by atoms with Crippen LogP contribution in [0.2, 0.25) is 0 Å². The summed E-state index contributed by atoms with van der Waals surface area (Å²) in [5, 5.41) is 3.13. The van der Waals surface area contributed by atoms with Crippen LogP contribution in [0.5, 0.6) is 0 Å². The molecule has 0 spiro atoms. The maximum absolute atomic E-state index is 13.0. The van der Waals surface area contributed by atoms with Gasteiger partial charge in [-0.1, -0.05) is 44.2 Å². The van der Waals surface area contributed by atoms with Gasteiger partial charge in [-0.05, 0) is 42.2 Å². The number of rotatable bonds is 8. The highest BCUT2D eigenvalue weighted by molar-refractivity contribution is 5.76. The number of aryl methyl sites for hydroxylation is 1. The zero-order valence-electron chi connectivity index (χ0n) is 16.2. The van der Waals surface area contributed by atoms with Crippen molar-refractivity contribution in [2.24, 2.45) is 5.92 Å². The third kappa shape index (κ3) is 5.52. The van der Waals surface area contributed by atoms with Gasteiger partial charge in [-0.3, -0.25) is 4.79 Å². The fourth-order valence-electron chi connectivity index (χ4n) is 3.10. The van der Waals surface area contributed by atoms with Gasteiger partial charge in [0.1, 0.15) is 5.82 Å². The van der Waals surface area contributed by atoms with Crippen molar-refractivity contribution in [3.63, 3.8) is 0 Å². The first-order chi connectivity index (χ1) is 13.5. The molecule has 1 N–H and O–H groups in total. The zero-order valence-corrected chi connectivity index (χ0v) is 16.2. The number of halogens is 1. The van der Waals surface area contributed by atoms with Crippen LogP contribution in [0.15, 0.2) is 65.2 Å². The van der Waals surface area contributed by atoms with Crippen molar-refractivity contribution in [1.82, 2.24) is 10.3 Å². The van der Waals surface area contributed by atoms with Crippen molar-refractivity contribution in [1.29, 1.82) is 0 Å². The Labute approximate surface area is 164 Å². The van der Waals surface area contributed by atoms with Crippen LogP contribution in [-0.4, -0.2) is 10.9 Å². The number of nitrogens with one attached hydrogen (secondary N) is 1. The molecule has 1 aromatic heterocycles. The molecular formula is C23H25FN2O2. The van der Waals surface area contributed by atoms with Crippen LogP contribution in [0.1, 0.15) is 44.2 Å². The third-order valence-electron chi connectivity index (χ3n) is 4.49. The maximum Gasteiger partial charge on any atom is 0.220 e. The molecule has 1 amide bonds. The van der Waals surface area contributed by atoms with Gasteiger partial charge in [0.15, 0.2) is 11.7 Å². The highest BCUT2D eigenvalue weighted by atomic mass is 19.1. The second-order valence-electron chi connectivity index (χ2n) is 7.29. The van der Waals surface area contributed by atoms with E-state index in [1.165, 1.54) is 12.1 Å². The standard InChI is InChI=1S/C23H25FN2O2/c1-16(2)14-20(17-6-4-3-5-7-17)26-22(27)12-13-23-25-15-21(28-23)18-8-10-19(24)11-9-18/h3-11,15-16,20H,12-14H2,1-2H3,(H,26,27). The molecule has 1 unspecified atom stereocenters. The molecule has 5 heteroatoms. The Hall–Kier alpha value is -2.95. The molecule has 0 aliphatic carbocycles. The second-order valence-corrected chi connectivity index (χ2v) is 7.29. The van der Waals surface area contributed by atoms with Crippen molar-refractivity contribution >= 4 is 5.91 Å². The van der Waals surface area contributed by atoms with E-state index in [0.717, 1.165) is 17.5 Å². The highest BCUT2D eigenvalue weighted by Gasteiger charge is 2.17. The largest absolute Gasteiger partial charge is 0.441 e. The average Bonchev–Trinajstić information content (AvgIpc) is 3.16. The molecule has 4 nitrogen and oxygen atoms in total. The van der Waals surface area contributed by atoms with E-state index >= 15 is 0 Å². The summed E-state index contributed by atoms with van der Waals surface area (Å²) in [4.78, 5) is 16.7. The second kappa shape index (κ2) is 9.31. The number of amides is 1. The molecule has 0 radical (unpaired) electrons. The minimum absolute atomic E-state index is 0.00645. The van der Waals surface area contributed by atoms with Crippen LogP contribution in [0.25, 0.3) is 11.3 Å². The first-order valence-electron chi connectivity index (χ1n) is 9.56. The minimum atomic E-state index is -0.297. The van der Waals surface area contributed by atoms with Crippen LogP contribution in [0, 0.1) is 11.7 Å². The van der Waals surface area contributed by atoms with Gasteiger partial charge in [-0.15, -0.1) is 0 Å². The normalized spacial score (nSPS) is 12.1. The first-order valence-corrected chi connectivity index (χ1v) is 9.56. The maximum atomic E-state index is 13.0. The first kappa shape index (κ1) is 19.8. The van der Waals surface area contributed by atoms with E-state index in [9.17, 15) is 9.18 Å². The van der Waals surface area contributed by atoms with E-state index in [1.54, 1.807) is 18.3 Å². The lowest BCUT2D eigenvalue weighted by atomic mass is 9.97. The summed E-state index contributed by atoms with van der Waals surface area (Å²) < 4.78 is 18.7. The van der Waals surface area contributed by atoms with Crippen molar-refractivity contribution in [3.05, 3.63) is 78.1 Å². The van der Waals surface area contributed by atoms with Crippen molar-refractivity contribution in [3.8, 4) is 11.3 Å². The summed E-state index contributed by atoms with van der Waals surface area (Å²) >= 11 is 0. The summed E-state index contributed by atoms with van der Waals surface area (Å²) in [7, 11) is 0. The lowest BCUT2D eigenvalue weighted by Gasteiger charge is -2.21. The Kier molecular flexibility index (Phi) is 6.58.